The molecule has 1 heterocycles. The summed E-state index contributed by atoms with van der Waals surface area (Å²) in [5, 5.41) is 5.84. The predicted molar refractivity (Wildman–Crippen MR) is 92.7 cm³/mol. The SMILES string of the molecule is CC(C)C(=O)NCCOCCNC(=O)CCCC(=O)ON1C(=O)CCC1=O. The van der Waals surface area contributed by atoms with Crippen LogP contribution in [0.5, 0.6) is 0 Å². The van der Waals surface area contributed by atoms with E-state index in [0.717, 1.165) is 0 Å². The third-order valence-corrected chi connectivity index (χ3v) is 3.62. The Hall–Kier alpha value is -2.49. The molecule has 0 unspecified atom stereocenters. The zero-order chi connectivity index (χ0) is 20.2. The van der Waals surface area contributed by atoms with Gasteiger partial charge in [-0.1, -0.05) is 13.8 Å². The average molecular weight is 385 g/mol. The highest BCUT2D eigenvalue weighted by Crippen LogP contribution is 2.13. The molecular weight excluding hydrogens is 358 g/mol. The van der Waals surface area contributed by atoms with Gasteiger partial charge in [0.15, 0.2) is 0 Å². The molecule has 27 heavy (non-hydrogen) atoms. The fraction of sp³-hybridized carbons (Fsp3) is 0.706. The van der Waals surface area contributed by atoms with Crippen molar-refractivity contribution in [2.24, 2.45) is 5.92 Å². The third-order valence-electron chi connectivity index (χ3n) is 3.62. The molecule has 10 heteroatoms. The van der Waals surface area contributed by atoms with Gasteiger partial charge in [0.25, 0.3) is 11.8 Å². The first kappa shape index (κ1) is 22.6. The number of imide groups is 1. The van der Waals surface area contributed by atoms with E-state index in [1.54, 1.807) is 13.8 Å². The number of carbonyl (C=O) groups excluding carboxylic acids is 5. The largest absolute Gasteiger partial charge is 0.378 e. The van der Waals surface area contributed by atoms with E-state index in [1.165, 1.54) is 0 Å². The molecule has 0 radical (unpaired) electrons. The Bertz CT molecular complexity index is 547. The Morgan fingerprint density at radius 1 is 1.00 bits per heavy atom. The minimum absolute atomic E-state index is 0.0381. The molecule has 0 atom stereocenters. The molecule has 1 aliphatic heterocycles. The quantitative estimate of drug-likeness (QED) is 0.347. The zero-order valence-electron chi connectivity index (χ0n) is 15.7. The molecule has 2 N–H and O–H groups in total. The minimum atomic E-state index is -0.724. The Morgan fingerprint density at radius 3 is 2.19 bits per heavy atom. The first-order valence-electron chi connectivity index (χ1n) is 9.00. The number of hydroxylamine groups is 2. The van der Waals surface area contributed by atoms with Gasteiger partial charge in [-0.2, -0.15) is 0 Å². The van der Waals surface area contributed by atoms with E-state index in [2.05, 4.69) is 10.6 Å². The maximum absolute atomic E-state index is 11.6. The van der Waals surface area contributed by atoms with Gasteiger partial charge < -0.3 is 20.2 Å². The van der Waals surface area contributed by atoms with Gasteiger partial charge in [-0.25, -0.2) is 4.79 Å². The fourth-order valence-electron chi connectivity index (χ4n) is 2.10. The molecule has 1 saturated heterocycles. The molecular formula is C17H27N3O7. The van der Waals surface area contributed by atoms with Crippen LogP contribution in [0.15, 0.2) is 0 Å². The maximum atomic E-state index is 11.6. The lowest BCUT2D eigenvalue weighted by atomic mass is 10.2. The highest BCUT2D eigenvalue weighted by molar-refractivity contribution is 6.01. The van der Waals surface area contributed by atoms with E-state index in [9.17, 15) is 24.0 Å². The molecule has 10 nitrogen and oxygen atoms in total. The van der Waals surface area contributed by atoms with Crippen molar-refractivity contribution >= 4 is 29.6 Å². The van der Waals surface area contributed by atoms with Crippen LogP contribution in [-0.4, -0.2) is 61.0 Å². The smallest absolute Gasteiger partial charge is 0.333 e. The number of carbonyl (C=O) groups is 5. The second kappa shape index (κ2) is 12.0. The van der Waals surface area contributed by atoms with Gasteiger partial charge in [0.05, 0.1) is 13.2 Å². The van der Waals surface area contributed by atoms with E-state index < -0.39 is 17.8 Å². The van der Waals surface area contributed by atoms with Gasteiger partial charge in [0, 0.05) is 44.7 Å². The number of hydrogen-bond donors (Lipinski definition) is 2. The van der Waals surface area contributed by atoms with Crippen LogP contribution in [-0.2, 0) is 33.5 Å². The fourth-order valence-corrected chi connectivity index (χ4v) is 2.10. The van der Waals surface area contributed by atoms with Crippen LogP contribution >= 0.6 is 0 Å². The van der Waals surface area contributed by atoms with Gasteiger partial charge in [0.2, 0.25) is 11.8 Å². The lowest BCUT2D eigenvalue weighted by Crippen LogP contribution is -2.32. The lowest BCUT2D eigenvalue weighted by molar-refractivity contribution is -0.197. The van der Waals surface area contributed by atoms with Crippen molar-refractivity contribution in [2.45, 2.75) is 46.0 Å². The Labute approximate surface area is 157 Å². The van der Waals surface area contributed by atoms with Crippen molar-refractivity contribution in [2.75, 3.05) is 26.3 Å². The van der Waals surface area contributed by atoms with Gasteiger partial charge in [-0.15, -0.1) is 5.06 Å². The molecule has 0 bridgehead atoms. The van der Waals surface area contributed by atoms with Crippen molar-refractivity contribution < 1.29 is 33.5 Å². The monoisotopic (exact) mass is 385 g/mol. The van der Waals surface area contributed by atoms with E-state index in [-0.39, 0.29) is 49.8 Å². The molecule has 1 fully saturated rings. The van der Waals surface area contributed by atoms with Crippen LogP contribution < -0.4 is 10.6 Å². The summed E-state index contributed by atoms with van der Waals surface area (Å²) in [6.45, 7) is 5.00. The van der Waals surface area contributed by atoms with Crippen molar-refractivity contribution in [3.63, 3.8) is 0 Å². The van der Waals surface area contributed by atoms with E-state index in [1.807, 2.05) is 0 Å². The van der Waals surface area contributed by atoms with Crippen molar-refractivity contribution in [3.05, 3.63) is 0 Å². The zero-order valence-corrected chi connectivity index (χ0v) is 15.7. The summed E-state index contributed by atoms with van der Waals surface area (Å²) >= 11 is 0. The molecule has 4 amide bonds. The van der Waals surface area contributed by atoms with Gasteiger partial charge in [-0.05, 0) is 6.42 Å². The second-order valence-electron chi connectivity index (χ2n) is 6.31. The highest BCUT2D eigenvalue weighted by Gasteiger charge is 2.32. The van der Waals surface area contributed by atoms with Gasteiger partial charge >= 0.3 is 5.97 Å². The van der Waals surface area contributed by atoms with Crippen molar-refractivity contribution in [1.82, 2.24) is 15.7 Å². The van der Waals surface area contributed by atoms with E-state index in [4.69, 9.17) is 9.57 Å². The molecule has 0 aliphatic carbocycles. The molecule has 152 valence electrons. The summed E-state index contributed by atoms with van der Waals surface area (Å²) < 4.78 is 5.28. The number of hydrogen-bond acceptors (Lipinski definition) is 7. The minimum Gasteiger partial charge on any atom is -0.378 e. The predicted octanol–water partition coefficient (Wildman–Crippen LogP) is -0.331. The number of nitrogens with one attached hydrogen (secondary N) is 2. The molecule has 0 aromatic heterocycles. The Balaban J connectivity index is 1.99. The van der Waals surface area contributed by atoms with Gasteiger partial charge in [0.1, 0.15) is 0 Å². The van der Waals surface area contributed by atoms with Crippen LogP contribution in [0.3, 0.4) is 0 Å². The third kappa shape index (κ3) is 9.13. The molecule has 0 aromatic carbocycles. The number of ether oxygens (including phenoxy) is 1. The summed E-state index contributed by atoms with van der Waals surface area (Å²) in [7, 11) is 0. The molecule has 1 aliphatic rings. The average Bonchev–Trinajstić information content (AvgIpc) is 2.92. The first-order chi connectivity index (χ1) is 12.8. The van der Waals surface area contributed by atoms with Crippen LogP contribution in [0, 0.1) is 5.92 Å². The van der Waals surface area contributed by atoms with Crippen molar-refractivity contribution in [1.29, 1.82) is 0 Å². The Kier molecular flexibility index (Phi) is 10.0. The Morgan fingerprint density at radius 2 is 1.59 bits per heavy atom. The molecule has 0 aromatic rings. The second-order valence-corrected chi connectivity index (χ2v) is 6.31. The standard InChI is InChI=1S/C17H27N3O7/c1-12(2)17(25)19-9-11-26-10-8-18-13(21)4-3-5-16(24)27-20-14(22)6-7-15(20)23/h12H,3-11H2,1-2H3,(H,18,21)(H,19,25). The summed E-state index contributed by atoms with van der Waals surface area (Å²) in [5.41, 5.74) is 0. The van der Waals surface area contributed by atoms with Crippen LogP contribution in [0.1, 0.15) is 46.0 Å². The lowest BCUT2D eigenvalue weighted by Gasteiger charge is -2.12. The van der Waals surface area contributed by atoms with E-state index in [0.29, 0.717) is 31.4 Å². The normalized spacial score (nSPS) is 13.8. The maximum Gasteiger partial charge on any atom is 0.333 e. The summed E-state index contributed by atoms with van der Waals surface area (Å²) in [4.78, 5) is 61.8. The molecule has 0 spiro atoms. The van der Waals surface area contributed by atoms with Crippen LogP contribution in [0.2, 0.25) is 0 Å². The highest BCUT2D eigenvalue weighted by atomic mass is 16.7. The van der Waals surface area contributed by atoms with Crippen molar-refractivity contribution in [3.8, 4) is 0 Å². The summed E-state index contributed by atoms with van der Waals surface area (Å²) in [6, 6.07) is 0. The topological polar surface area (TPSA) is 131 Å². The van der Waals surface area contributed by atoms with Gasteiger partial charge in [-0.3, -0.25) is 19.2 Å². The number of amides is 4. The number of nitrogens with zero attached hydrogens (tertiary/aromatic N) is 1. The van der Waals surface area contributed by atoms with Crippen LogP contribution in [0.4, 0.5) is 0 Å². The summed E-state index contributed by atoms with van der Waals surface area (Å²) in [5.74, 6) is -2.14. The molecule has 0 saturated carbocycles. The summed E-state index contributed by atoms with van der Waals surface area (Å²) in [6.07, 6.45) is 0.363. The number of rotatable bonds is 12. The first-order valence-corrected chi connectivity index (χ1v) is 9.00. The van der Waals surface area contributed by atoms with E-state index >= 15 is 0 Å². The molecule has 1 rings (SSSR count). The van der Waals surface area contributed by atoms with Crippen LogP contribution in [0.25, 0.3) is 0 Å².